The second-order valence-corrected chi connectivity index (χ2v) is 4.27. The summed E-state index contributed by atoms with van der Waals surface area (Å²) in [6.07, 6.45) is 0. The molecule has 0 aromatic heterocycles. The van der Waals surface area contributed by atoms with Gasteiger partial charge in [-0.1, -0.05) is 24.6 Å². The lowest BCUT2D eigenvalue weighted by molar-refractivity contribution is -0.140. The van der Waals surface area contributed by atoms with E-state index in [-0.39, 0.29) is 0 Å². The van der Waals surface area contributed by atoms with E-state index in [4.69, 9.17) is 22.0 Å². The van der Waals surface area contributed by atoms with Gasteiger partial charge in [-0.15, -0.1) is 0 Å². The van der Waals surface area contributed by atoms with Gasteiger partial charge in [0.15, 0.2) is 0 Å². The van der Waals surface area contributed by atoms with Crippen molar-refractivity contribution in [3.05, 3.63) is 28.8 Å². The molecular weight excluding hydrogens is 240 g/mol. The molecule has 17 heavy (non-hydrogen) atoms. The highest BCUT2D eigenvalue weighted by molar-refractivity contribution is 6.33. The first-order valence-corrected chi connectivity index (χ1v) is 5.47. The minimum atomic E-state index is -0.873. The van der Waals surface area contributed by atoms with Gasteiger partial charge in [-0.3, -0.25) is 4.79 Å². The summed E-state index contributed by atoms with van der Waals surface area (Å²) in [6.45, 7) is 1.91. The Morgan fingerprint density at radius 3 is 2.82 bits per heavy atom. The molecule has 0 bridgehead atoms. The highest BCUT2D eigenvalue weighted by Gasteiger charge is 2.17. The molecule has 1 aromatic rings. The van der Waals surface area contributed by atoms with Crippen LogP contribution in [0.15, 0.2) is 18.2 Å². The van der Waals surface area contributed by atoms with Crippen LogP contribution in [-0.2, 0) is 4.79 Å². The van der Waals surface area contributed by atoms with E-state index < -0.39 is 11.9 Å². The van der Waals surface area contributed by atoms with Crippen molar-refractivity contribution in [2.75, 3.05) is 18.5 Å². The van der Waals surface area contributed by atoms with Gasteiger partial charge in [-0.25, -0.2) is 0 Å². The standard InChI is InChI=1S/C12H13ClN2O2/c1-8(12(16)17)7-15(2)11-9(6-14)4-3-5-10(11)13/h3-5,8H,7H2,1-2H3,(H,16,17)/t8-/m0/s1. The van der Waals surface area contributed by atoms with Crippen molar-refractivity contribution in [3.63, 3.8) is 0 Å². The fraction of sp³-hybridized carbons (Fsp3) is 0.333. The maximum atomic E-state index is 10.8. The zero-order valence-corrected chi connectivity index (χ0v) is 10.4. The van der Waals surface area contributed by atoms with Crippen molar-refractivity contribution in [2.24, 2.45) is 5.92 Å². The van der Waals surface area contributed by atoms with Crippen molar-refractivity contribution in [1.29, 1.82) is 5.26 Å². The third-order valence-corrected chi connectivity index (χ3v) is 2.76. The molecule has 0 heterocycles. The number of carboxylic acid groups (broad SMARTS) is 1. The Labute approximate surface area is 105 Å². The van der Waals surface area contributed by atoms with Crippen LogP contribution in [0.25, 0.3) is 0 Å². The molecule has 4 nitrogen and oxygen atoms in total. The second-order valence-electron chi connectivity index (χ2n) is 3.87. The Balaban J connectivity index is 3.00. The molecule has 90 valence electrons. The number of carboxylic acids is 1. The predicted octanol–water partition coefficient (Wildman–Crippen LogP) is 2.37. The maximum Gasteiger partial charge on any atom is 0.308 e. The molecule has 1 aromatic carbocycles. The summed E-state index contributed by atoms with van der Waals surface area (Å²) in [6, 6.07) is 7.08. The average molecular weight is 253 g/mol. The monoisotopic (exact) mass is 252 g/mol. The normalized spacial score (nSPS) is 11.6. The highest BCUT2D eigenvalue weighted by atomic mass is 35.5. The number of anilines is 1. The van der Waals surface area contributed by atoms with E-state index in [1.807, 2.05) is 6.07 Å². The highest BCUT2D eigenvalue weighted by Crippen LogP contribution is 2.29. The van der Waals surface area contributed by atoms with Crippen LogP contribution in [0.4, 0.5) is 5.69 Å². The fourth-order valence-corrected chi connectivity index (χ4v) is 1.89. The van der Waals surface area contributed by atoms with Gasteiger partial charge < -0.3 is 10.0 Å². The molecule has 5 heteroatoms. The lowest BCUT2D eigenvalue weighted by Gasteiger charge is -2.23. The molecule has 1 rings (SSSR count). The minimum Gasteiger partial charge on any atom is -0.481 e. The number of halogens is 1. The van der Waals surface area contributed by atoms with Crippen molar-refractivity contribution < 1.29 is 9.90 Å². The third kappa shape index (κ3) is 3.11. The molecule has 0 spiro atoms. The zero-order valence-electron chi connectivity index (χ0n) is 9.64. The van der Waals surface area contributed by atoms with Crippen LogP contribution in [0, 0.1) is 17.2 Å². The van der Waals surface area contributed by atoms with Crippen molar-refractivity contribution in [1.82, 2.24) is 0 Å². The Kier molecular flexibility index (Phi) is 4.36. The van der Waals surface area contributed by atoms with Gasteiger partial charge in [-0.2, -0.15) is 5.26 Å². The summed E-state index contributed by atoms with van der Waals surface area (Å²) in [5.74, 6) is -1.40. The Morgan fingerprint density at radius 1 is 1.65 bits per heavy atom. The molecule has 0 aliphatic carbocycles. The zero-order chi connectivity index (χ0) is 13.0. The smallest absolute Gasteiger partial charge is 0.308 e. The van der Waals surface area contributed by atoms with Crippen LogP contribution < -0.4 is 4.90 Å². The molecule has 0 saturated heterocycles. The van der Waals surface area contributed by atoms with Crippen LogP contribution >= 0.6 is 11.6 Å². The van der Waals surface area contributed by atoms with Crippen LogP contribution in [0.1, 0.15) is 12.5 Å². The van der Waals surface area contributed by atoms with Gasteiger partial charge in [0.25, 0.3) is 0 Å². The summed E-state index contributed by atoms with van der Waals surface area (Å²) in [5.41, 5.74) is 1.02. The largest absolute Gasteiger partial charge is 0.481 e. The van der Waals surface area contributed by atoms with Gasteiger partial charge in [0, 0.05) is 13.6 Å². The number of nitrogens with zero attached hydrogens (tertiary/aromatic N) is 2. The van der Waals surface area contributed by atoms with Crippen molar-refractivity contribution in [3.8, 4) is 6.07 Å². The first-order valence-electron chi connectivity index (χ1n) is 5.10. The molecule has 0 amide bonds. The van der Waals surface area contributed by atoms with Crippen LogP contribution in [0.2, 0.25) is 5.02 Å². The number of hydrogen-bond acceptors (Lipinski definition) is 3. The molecule has 0 radical (unpaired) electrons. The number of para-hydroxylation sites is 1. The number of benzene rings is 1. The van der Waals surface area contributed by atoms with Gasteiger partial charge in [-0.05, 0) is 12.1 Å². The van der Waals surface area contributed by atoms with E-state index in [2.05, 4.69) is 0 Å². The molecular formula is C12H13ClN2O2. The van der Waals surface area contributed by atoms with Gasteiger partial charge >= 0.3 is 5.97 Å². The Hall–Kier alpha value is -1.73. The number of nitriles is 1. The lowest BCUT2D eigenvalue weighted by Crippen LogP contribution is -2.29. The Morgan fingerprint density at radius 2 is 2.29 bits per heavy atom. The number of aliphatic carboxylic acids is 1. The predicted molar refractivity (Wildman–Crippen MR) is 66.2 cm³/mol. The van der Waals surface area contributed by atoms with E-state index >= 15 is 0 Å². The first-order chi connectivity index (χ1) is 7.97. The van der Waals surface area contributed by atoms with E-state index in [9.17, 15) is 4.79 Å². The van der Waals surface area contributed by atoms with Crippen molar-refractivity contribution >= 4 is 23.3 Å². The molecule has 0 aliphatic heterocycles. The average Bonchev–Trinajstić information content (AvgIpc) is 2.27. The quantitative estimate of drug-likeness (QED) is 0.894. The van der Waals surface area contributed by atoms with E-state index in [0.717, 1.165) is 0 Å². The summed E-state index contributed by atoms with van der Waals surface area (Å²) in [4.78, 5) is 12.5. The second kappa shape index (κ2) is 5.55. The van der Waals surface area contributed by atoms with E-state index in [1.54, 1.807) is 37.1 Å². The molecule has 1 atom stereocenters. The number of rotatable bonds is 4. The summed E-state index contributed by atoms with van der Waals surface area (Å²) in [7, 11) is 1.72. The topological polar surface area (TPSA) is 64.3 Å². The first kappa shape index (κ1) is 13.3. The fourth-order valence-electron chi connectivity index (χ4n) is 1.57. The molecule has 1 N–H and O–H groups in total. The third-order valence-electron chi connectivity index (χ3n) is 2.46. The molecule has 0 aliphatic rings. The van der Waals surface area contributed by atoms with E-state index in [0.29, 0.717) is 22.8 Å². The minimum absolute atomic E-state index is 0.299. The van der Waals surface area contributed by atoms with Crippen LogP contribution in [0.5, 0.6) is 0 Å². The van der Waals surface area contributed by atoms with Crippen LogP contribution in [0.3, 0.4) is 0 Å². The molecule has 0 fully saturated rings. The molecule has 0 unspecified atom stereocenters. The maximum absolute atomic E-state index is 10.8. The lowest BCUT2D eigenvalue weighted by atomic mass is 10.1. The summed E-state index contributed by atoms with van der Waals surface area (Å²) in [5, 5.41) is 18.3. The van der Waals surface area contributed by atoms with Crippen molar-refractivity contribution in [2.45, 2.75) is 6.92 Å². The Bertz CT molecular complexity index is 468. The number of hydrogen-bond donors (Lipinski definition) is 1. The van der Waals surface area contributed by atoms with E-state index in [1.165, 1.54) is 0 Å². The summed E-state index contributed by atoms with van der Waals surface area (Å²) < 4.78 is 0. The molecule has 0 saturated carbocycles. The van der Waals surface area contributed by atoms with Crippen LogP contribution in [-0.4, -0.2) is 24.7 Å². The van der Waals surface area contributed by atoms with Gasteiger partial charge in [0.05, 0.1) is 22.2 Å². The summed E-state index contributed by atoms with van der Waals surface area (Å²) >= 11 is 6.03. The SMILES string of the molecule is C[C@@H](CN(C)c1c(Cl)cccc1C#N)C(=O)O. The van der Waals surface area contributed by atoms with Gasteiger partial charge in [0.1, 0.15) is 6.07 Å². The number of carbonyl (C=O) groups is 1. The van der Waals surface area contributed by atoms with Gasteiger partial charge in [0.2, 0.25) is 0 Å².